The Labute approximate surface area is 178 Å². The van der Waals surface area contributed by atoms with Gasteiger partial charge in [0.25, 0.3) is 0 Å². The van der Waals surface area contributed by atoms with E-state index < -0.39 is 0 Å². The molecule has 1 heterocycles. The largest absolute Gasteiger partial charge is 0.497 e. The van der Waals surface area contributed by atoms with Crippen LogP contribution in [0, 0.1) is 6.92 Å². The molecule has 30 heavy (non-hydrogen) atoms. The highest BCUT2D eigenvalue weighted by molar-refractivity contribution is 5.94. The lowest BCUT2D eigenvalue weighted by molar-refractivity contribution is -0.134. The van der Waals surface area contributed by atoms with E-state index in [-0.39, 0.29) is 18.4 Å². The van der Waals surface area contributed by atoms with E-state index in [1.165, 1.54) is 16.2 Å². The molecule has 1 saturated heterocycles. The molecule has 7 nitrogen and oxygen atoms in total. The number of aryl methyl sites for hydroxylation is 1. The van der Waals surface area contributed by atoms with Crippen LogP contribution in [0.1, 0.15) is 5.56 Å². The lowest BCUT2D eigenvalue weighted by atomic mass is 10.2. The Morgan fingerprint density at radius 2 is 1.80 bits per heavy atom. The molecule has 2 aromatic rings. The molecule has 7 heteroatoms. The molecule has 0 saturated carbocycles. The van der Waals surface area contributed by atoms with Crippen LogP contribution in [-0.4, -0.2) is 75.0 Å². The van der Waals surface area contributed by atoms with Gasteiger partial charge in [0.15, 0.2) is 0 Å². The van der Waals surface area contributed by atoms with E-state index >= 15 is 0 Å². The van der Waals surface area contributed by atoms with Gasteiger partial charge >= 0.3 is 0 Å². The molecule has 3 rings (SSSR count). The molecule has 1 N–H and O–H groups in total. The van der Waals surface area contributed by atoms with Gasteiger partial charge in [-0.1, -0.05) is 18.2 Å². The molecule has 0 unspecified atom stereocenters. The molecule has 0 aliphatic carbocycles. The van der Waals surface area contributed by atoms with Gasteiger partial charge in [0.1, 0.15) is 5.75 Å². The summed E-state index contributed by atoms with van der Waals surface area (Å²) in [5.41, 5.74) is 3.12. The molecule has 2 amide bonds. The van der Waals surface area contributed by atoms with Crippen molar-refractivity contribution in [2.24, 2.45) is 0 Å². The summed E-state index contributed by atoms with van der Waals surface area (Å²) in [6.45, 7) is 5.85. The van der Waals surface area contributed by atoms with Gasteiger partial charge in [-0.25, -0.2) is 0 Å². The number of hydrogen-bond donors (Lipinski definition) is 1. The van der Waals surface area contributed by atoms with Crippen LogP contribution in [0.5, 0.6) is 5.75 Å². The first kappa shape index (κ1) is 21.6. The number of amides is 2. The highest BCUT2D eigenvalue weighted by Gasteiger charge is 2.21. The minimum Gasteiger partial charge on any atom is -0.497 e. The number of nitrogens with one attached hydrogen (secondary N) is 1. The van der Waals surface area contributed by atoms with Crippen LogP contribution in [0.4, 0.5) is 11.4 Å². The Kier molecular flexibility index (Phi) is 7.30. The maximum atomic E-state index is 12.6. The molecule has 1 fully saturated rings. The summed E-state index contributed by atoms with van der Waals surface area (Å²) in [6.07, 6.45) is 0. The lowest BCUT2D eigenvalue weighted by Crippen LogP contribution is -2.50. The van der Waals surface area contributed by atoms with Crippen molar-refractivity contribution < 1.29 is 14.3 Å². The Bertz CT molecular complexity index is 878. The van der Waals surface area contributed by atoms with E-state index in [9.17, 15) is 9.59 Å². The zero-order valence-corrected chi connectivity index (χ0v) is 17.9. The summed E-state index contributed by atoms with van der Waals surface area (Å²) in [4.78, 5) is 30.8. The molecule has 0 aromatic heterocycles. The van der Waals surface area contributed by atoms with Crippen molar-refractivity contribution in [3.63, 3.8) is 0 Å². The van der Waals surface area contributed by atoms with E-state index in [1.807, 2.05) is 6.07 Å². The van der Waals surface area contributed by atoms with E-state index in [0.717, 1.165) is 26.2 Å². The summed E-state index contributed by atoms with van der Waals surface area (Å²) in [5, 5.41) is 2.80. The summed E-state index contributed by atoms with van der Waals surface area (Å²) < 4.78 is 5.16. The number of benzene rings is 2. The Hall–Kier alpha value is -3.06. The maximum Gasteiger partial charge on any atom is 0.243 e. The summed E-state index contributed by atoms with van der Waals surface area (Å²) >= 11 is 0. The highest BCUT2D eigenvalue weighted by Crippen LogP contribution is 2.18. The predicted molar refractivity (Wildman–Crippen MR) is 119 cm³/mol. The van der Waals surface area contributed by atoms with Gasteiger partial charge in [0.2, 0.25) is 11.8 Å². The van der Waals surface area contributed by atoms with Gasteiger partial charge < -0.3 is 19.9 Å². The summed E-state index contributed by atoms with van der Waals surface area (Å²) in [5.74, 6) is 0.380. The van der Waals surface area contributed by atoms with Crippen molar-refractivity contribution in [2.45, 2.75) is 6.92 Å². The number of nitrogens with zero attached hydrogens (tertiary/aromatic N) is 3. The smallest absolute Gasteiger partial charge is 0.243 e. The fraction of sp³-hybridized carbons (Fsp3) is 0.391. The van der Waals surface area contributed by atoms with Gasteiger partial charge in [0.05, 0.1) is 20.2 Å². The SMILES string of the molecule is COc1cccc(NC(=O)CN(C)C(=O)CN2CCN(c3cccc(C)c3)CC2)c1. The number of methoxy groups -OCH3 is 1. The van der Waals surface area contributed by atoms with Crippen LogP contribution in [0.15, 0.2) is 48.5 Å². The standard InChI is InChI=1S/C23H30N4O3/c1-18-6-4-8-20(14-18)27-12-10-26(11-13-27)17-23(29)25(2)16-22(28)24-19-7-5-9-21(15-19)30-3/h4-9,14-15H,10-13,16-17H2,1-3H3,(H,24,28). The summed E-state index contributed by atoms with van der Waals surface area (Å²) in [7, 11) is 3.24. The second kappa shape index (κ2) is 10.1. The van der Waals surface area contributed by atoms with Gasteiger partial charge in [-0.05, 0) is 36.8 Å². The first-order chi connectivity index (χ1) is 14.4. The summed E-state index contributed by atoms with van der Waals surface area (Å²) in [6, 6.07) is 15.6. The molecule has 0 spiro atoms. The van der Waals surface area contributed by atoms with E-state index in [0.29, 0.717) is 18.0 Å². The van der Waals surface area contributed by atoms with Crippen molar-refractivity contribution in [3.05, 3.63) is 54.1 Å². The lowest BCUT2D eigenvalue weighted by Gasteiger charge is -2.36. The number of carbonyl (C=O) groups is 2. The molecular weight excluding hydrogens is 380 g/mol. The molecule has 0 bridgehead atoms. The fourth-order valence-corrected chi connectivity index (χ4v) is 3.51. The molecular formula is C23H30N4O3. The Morgan fingerprint density at radius 3 is 2.50 bits per heavy atom. The number of ether oxygens (including phenoxy) is 1. The molecule has 1 aliphatic rings. The minimum atomic E-state index is -0.233. The molecule has 160 valence electrons. The van der Waals surface area contributed by atoms with Gasteiger partial charge in [-0.2, -0.15) is 0 Å². The molecule has 1 aliphatic heterocycles. The quantitative estimate of drug-likeness (QED) is 0.758. The average molecular weight is 411 g/mol. The number of piperazine rings is 1. The normalized spacial score (nSPS) is 14.3. The van der Waals surface area contributed by atoms with Crippen LogP contribution in [0.3, 0.4) is 0 Å². The number of rotatable bonds is 7. The van der Waals surface area contributed by atoms with Crippen LogP contribution >= 0.6 is 0 Å². The van der Waals surface area contributed by atoms with Crippen molar-refractivity contribution in [1.82, 2.24) is 9.80 Å². The zero-order chi connectivity index (χ0) is 21.5. The number of hydrogen-bond acceptors (Lipinski definition) is 5. The number of carbonyl (C=O) groups excluding carboxylic acids is 2. The third-order valence-corrected chi connectivity index (χ3v) is 5.26. The van der Waals surface area contributed by atoms with E-state index in [2.05, 4.69) is 46.3 Å². The second-order valence-corrected chi connectivity index (χ2v) is 7.63. The number of anilines is 2. The topological polar surface area (TPSA) is 65.1 Å². The van der Waals surface area contributed by atoms with Crippen LogP contribution in [-0.2, 0) is 9.59 Å². The average Bonchev–Trinajstić information content (AvgIpc) is 2.74. The monoisotopic (exact) mass is 410 g/mol. The van der Waals surface area contributed by atoms with Crippen LogP contribution < -0.4 is 15.0 Å². The predicted octanol–water partition coefficient (Wildman–Crippen LogP) is 2.22. The van der Waals surface area contributed by atoms with Gasteiger partial charge in [-0.3, -0.25) is 14.5 Å². The van der Waals surface area contributed by atoms with Crippen LogP contribution in [0.25, 0.3) is 0 Å². The first-order valence-corrected chi connectivity index (χ1v) is 10.2. The number of likely N-dealkylation sites (N-methyl/N-ethyl adjacent to an activating group) is 1. The van der Waals surface area contributed by atoms with E-state index in [4.69, 9.17) is 4.74 Å². The highest BCUT2D eigenvalue weighted by atomic mass is 16.5. The first-order valence-electron chi connectivity index (χ1n) is 10.2. The molecule has 2 aromatic carbocycles. The Balaban J connectivity index is 1.43. The van der Waals surface area contributed by atoms with Crippen molar-refractivity contribution in [1.29, 1.82) is 0 Å². The third-order valence-electron chi connectivity index (χ3n) is 5.26. The van der Waals surface area contributed by atoms with Crippen LogP contribution in [0.2, 0.25) is 0 Å². The van der Waals surface area contributed by atoms with Gasteiger partial charge in [0, 0.05) is 50.7 Å². The maximum absolute atomic E-state index is 12.6. The fourth-order valence-electron chi connectivity index (χ4n) is 3.51. The Morgan fingerprint density at radius 1 is 1.07 bits per heavy atom. The van der Waals surface area contributed by atoms with E-state index in [1.54, 1.807) is 32.4 Å². The zero-order valence-electron chi connectivity index (χ0n) is 17.9. The van der Waals surface area contributed by atoms with Crippen molar-refractivity contribution in [3.8, 4) is 5.75 Å². The second-order valence-electron chi connectivity index (χ2n) is 7.63. The van der Waals surface area contributed by atoms with Crippen molar-refractivity contribution in [2.75, 3.05) is 63.6 Å². The molecule has 0 radical (unpaired) electrons. The third kappa shape index (κ3) is 5.97. The van der Waals surface area contributed by atoms with Crippen molar-refractivity contribution >= 4 is 23.2 Å². The molecule has 0 atom stereocenters. The van der Waals surface area contributed by atoms with Gasteiger partial charge in [-0.15, -0.1) is 0 Å². The minimum absolute atomic E-state index is 0.0132.